The molecule has 0 bridgehead atoms. The lowest BCUT2D eigenvalue weighted by molar-refractivity contribution is 0.583. The molecule has 1 rings (SSSR count). The fraction of sp³-hybridized carbons (Fsp3) is 0.500. The third kappa shape index (κ3) is 3.64. The van der Waals surface area contributed by atoms with Crippen LogP contribution in [-0.2, 0) is 0 Å². The summed E-state index contributed by atoms with van der Waals surface area (Å²) in [5.74, 6) is 0.436. The fourth-order valence-corrected chi connectivity index (χ4v) is 1.68. The van der Waals surface area contributed by atoms with Gasteiger partial charge in [0.05, 0.1) is 0 Å². The van der Waals surface area contributed by atoms with Gasteiger partial charge in [-0.15, -0.1) is 0 Å². The summed E-state index contributed by atoms with van der Waals surface area (Å²) in [5, 5.41) is 3.69. The van der Waals surface area contributed by atoms with Gasteiger partial charge in [-0.05, 0) is 30.4 Å². The van der Waals surface area contributed by atoms with Crippen molar-refractivity contribution in [2.45, 2.75) is 39.2 Å². The van der Waals surface area contributed by atoms with Gasteiger partial charge in [-0.2, -0.15) is 0 Å². The van der Waals surface area contributed by atoms with E-state index in [1.165, 1.54) is 11.1 Å². The van der Waals surface area contributed by atoms with E-state index in [0.717, 1.165) is 6.42 Å². The molecule has 0 saturated carbocycles. The topological polar surface area (TPSA) is 48.8 Å². The number of aryl methyl sites for hydroxylation is 1. The maximum absolute atomic E-state index is 8.31. The molecule has 0 spiro atoms. The van der Waals surface area contributed by atoms with Crippen molar-refractivity contribution in [3.8, 4) is 0 Å². The first-order valence-electron chi connectivity index (χ1n) is 5.24. The Balaban J connectivity index is 2.64. The summed E-state index contributed by atoms with van der Waals surface area (Å²) in [4.78, 5) is 2.82. The van der Waals surface area contributed by atoms with E-state index in [0.29, 0.717) is 5.92 Å². The van der Waals surface area contributed by atoms with Crippen molar-refractivity contribution in [1.82, 2.24) is 0 Å². The van der Waals surface area contributed by atoms with E-state index in [9.17, 15) is 0 Å². The highest BCUT2D eigenvalue weighted by molar-refractivity contribution is 5.24. The Morgan fingerprint density at radius 2 is 1.87 bits per heavy atom. The molecule has 1 aromatic rings. The zero-order chi connectivity index (χ0) is 11.3. The van der Waals surface area contributed by atoms with Crippen LogP contribution >= 0.6 is 0 Å². The first-order chi connectivity index (χ1) is 7.13. The van der Waals surface area contributed by atoms with Crippen molar-refractivity contribution in [3.63, 3.8) is 0 Å². The molecule has 15 heavy (non-hydrogen) atoms. The molecule has 1 aromatic carbocycles. The molecule has 3 heteroatoms. The van der Waals surface area contributed by atoms with Gasteiger partial charge < -0.3 is 0 Å². The van der Waals surface area contributed by atoms with Crippen LogP contribution in [0.3, 0.4) is 0 Å². The summed E-state index contributed by atoms with van der Waals surface area (Å²) in [6.45, 7) is 6.19. The van der Waals surface area contributed by atoms with Gasteiger partial charge in [-0.25, -0.2) is 0 Å². The van der Waals surface area contributed by atoms with Crippen LogP contribution in [0.15, 0.2) is 29.4 Å². The van der Waals surface area contributed by atoms with E-state index in [1.807, 2.05) is 6.92 Å². The van der Waals surface area contributed by atoms with Crippen molar-refractivity contribution in [2.75, 3.05) is 0 Å². The molecule has 0 aromatic heterocycles. The highest BCUT2D eigenvalue weighted by Crippen LogP contribution is 2.21. The van der Waals surface area contributed by atoms with Gasteiger partial charge in [-0.3, -0.25) is 0 Å². The van der Waals surface area contributed by atoms with Gasteiger partial charge in [0.2, 0.25) is 0 Å². The molecule has 3 nitrogen and oxygen atoms in total. The van der Waals surface area contributed by atoms with Crippen molar-refractivity contribution >= 4 is 0 Å². The first-order valence-corrected chi connectivity index (χ1v) is 5.24. The summed E-state index contributed by atoms with van der Waals surface area (Å²) in [6, 6.07) is 8.58. The lowest BCUT2D eigenvalue weighted by atomic mass is 9.94. The SMILES string of the molecule is Cc1ccc([C@H](C)C[C@@H](C)N=[N+]=[N-])cc1. The average Bonchev–Trinajstić information content (AvgIpc) is 2.18. The van der Waals surface area contributed by atoms with E-state index in [4.69, 9.17) is 5.53 Å². The van der Waals surface area contributed by atoms with Crippen LogP contribution in [0.1, 0.15) is 37.3 Å². The van der Waals surface area contributed by atoms with E-state index < -0.39 is 0 Å². The Labute approximate surface area is 90.8 Å². The predicted molar refractivity (Wildman–Crippen MR) is 62.8 cm³/mol. The molecule has 0 N–H and O–H groups in total. The second-order valence-corrected chi connectivity index (χ2v) is 4.10. The van der Waals surface area contributed by atoms with Crippen LogP contribution in [0.4, 0.5) is 0 Å². The van der Waals surface area contributed by atoms with E-state index in [2.05, 4.69) is 48.1 Å². The summed E-state index contributed by atoms with van der Waals surface area (Å²) >= 11 is 0. The summed E-state index contributed by atoms with van der Waals surface area (Å²) < 4.78 is 0. The minimum absolute atomic E-state index is 0.0614. The van der Waals surface area contributed by atoms with E-state index in [-0.39, 0.29) is 6.04 Å². The van der Waals surface area contributed by atoms with E-state index >= 15 is 0 Å². The fourth-order valence-electron chi connectivity index (χ4n) is 1.68. The van der Waals surface area contributed by atoms with Gasteiger partial charge in [0.25, 0.3) is 0 Å². The Morgan fingerprint density at radius 1 is 1.27 bits per heavy atom. The molecule has 0 unspecified atom stereocenters. The van der Waals surface area contributed by atoms with Crippen molar-refractivity contribution < 1.29 is 0 Å². The highest BCUT2D eigenvalue weighted by Gasteiger charge is 2.08. The number of rotatable bonds is 4. The average molecular weight is 203 g/mol. The lowest BCUT2D eigenvalue weighted by Gasteiger charge is -2.14. The van der Waals surface area contributed by atoms with Crippen molar-refractivity contribution in [3.05, 3.63) is 45.8 Å². The van der Waals surface area contributed by atoms with Gasteiger partial charge in [0.1, 0.15) is 0 Å². The number of hydrogen-bond donors (Lipinski definition) is 0. The minimum Gasteiger partial charge on any atom is -0.0909 e. The molecule has 0 saturated heterocycles. The number of hydrogen-bond acceptors (Lipinski definition) is 1. The van der Waals surface area contributed by atoms with Crippen LogP contribution < -0.4 is 0 Å². The monoisotopic (exact) mass is 203 g/mol. The standard InChI is InChI=1S/C12H17N3/c1-9-4-6-12(7-5-9)10(2)8-11(3)14-15-13/h4-7,10-11H,8H2,1-3H3/t10-,11-/m1/s1. The van der Waals surface area contributed by atoms with Crippen LogP contribution in [-0.4, -0.2) is 6.04 Å². The molecule has 0 amide bonds. The second kappa shape index (κ2) is 5.42. The smallest absolute Gasteiger partial charge is 0.0351 e. The molecule has 0 fully saturated rings. The number of benzene rings is 1. The van der Waals surface area contributed by atoms with Crippen LogP contribution in [0, 0.1) is 6.92 Å². The third-order valence-corrected chi connectivity index (χ3v) is 2.59. The zero-order valence-corrected chi connectivity index (χ0v) is 9.51. The van der Waals surface area contributed by atoms with Crippen molar-refractivity contribution in [1.29, 1.82) is 0 Å². The predicted octanol–water partition coefficient (Wildman–Crippen LogP) is 4.19. The maximum Gasteiger partial charge on any atom is 0.0351 e. The van der Waals surface area contributed by atoms with Crippen LogP contribution in [0.5, 0.6) is 0 Å². The molecular weight excluding hydrogens is 186 g/mol. The molecule has 0 radical (unpaired) electrons. The highest BCUT2D eigenvalue weighted by atomic mass is 15.1. The Hall–Kier alpha value is -1.47. The number of nitrogens with zero attached hydrogens (tertiary/aromatic N) is 3. The summed E-state index contributed by atoms with van der Waals surface area (Å²) in [7, 11) is 0. The molecule has 80 valence electrons. The van der Waals surface area contributed by atoms with Gasteiger partial charge in [-0.1, -0.05) is 48.8 Å². The minimum atomic E-state index is 0.0614. The summed E-state index contributed by atoms with van der Waals surface area (Å²) in [5.41, 5.74) is 10.9. The van der Waals surface area contributed by atoms with E-state index in [1.54, 1.807) is 0 Å². The number of azide groups is 1. The normalized spacial score (nSPS) is 14.1. The molecule has 0 aliphatic heterocycles. The van der Waals surface area contributed by atoms with Gasteiger partial charge in [0, 0.05) is 11.0 Å². The Bertz CT molecular complexity index is 350. The second-order valence-electron chi connectivity index (χ2n) is 4.10. The lowest BCUT2D eigenvalue weighted by Crippen LogP contribution is -2.03. The molecule has 2 atom stereocenters. The molecule has 0 aliphatic rings. The van der Waals surface area contributed by atoms with Crippen LogP contribution in [0.2, 0.25) is 0 Å². The molecule has 0 aliphatic carbocycles. The molecule has 0 heterocycles. The van der Waals surface area contributed by atoms with Crippen molar-refractivity contribution in [2.24, 2.45) is 5.11 Å². The molecular formula is C12H17N3. The third-order valence-electron chi connectivity index (χ3n) is 2.59. The van der Waals surface area contributed by atoms with Crippen LogP contribution in [0.25, 0.3) is 10.4 Å². The Kier molecular flexibility index (Phi) is 4.19. The zero-order valence-electron chi connectivity index (χ0n) is 9.51. The quantitative estimate of drug-likeness (QED) is 0.400. The summed E-state index contributed by atoms with van der Waals surface area (Å²) in [6.07, 6.45) is 0.896. The first kappa shape index (κ1) is 11.6. The van der Waals surface area contributed by atoms with Gasteiger partial charge >= 0.3 is 0 Å². The largest absolute Gasteiger partial charge is 0.0909 e. The van der Waals surface area contributed by atoms with Gasteiger partial charge in [0.15, 0.2) is 0 Å². The maximum atomic E-state index is 8.31. The Morgan fingerprint density at radius 3 is 2.40 bits per heavy atom.